The van der Waals surface area contributed by atoms with Gasteiger partial charge >= 0.3 is 0 Å². The van der Waals surface area contributed by atoms with Crippen molar-refractivity contribution >= 4 is 22.6 Å². The van der Waals surface area contributed by atoms with Gasteiger partial charge in [0.1, 0.15) is 17.1 Å². The van der Waals surface area contributed by atoms with Crippen molar-refractivity contribution in [2.45, 2.75) is 6.04 Å². The smallest absolute Gasteiger partial charge is 0.295 e. The topological polar surface area (TPSA) is 78.2 Å². The van der Waals surface area contributed by atoms with E-state index in [1.54, 1.807) is 49.6 Å². The number of carbonyl (C=O) groups is 1. The molecule has 1 atom stereocenters. The number of rotatable bonds is 5. The zero-order valence-corrected chi connectivity index (χ0v) is 18.6. The third-order valence-electron chi connectivity index (χ3n) is 5.91. The van der Waals surface area contributed by atoms with Crippen LogP contribution >= 0.6 is 0 Å². The summed E-state index contributed by atoms with van der Waals surface area (Å²) < 4.78 is 35.8. The van der Waals surface area contributed by atoms with Gasteiger partial charge in [-0.25, -0.2) is 4.39 Å². The minimum atomic E-state index is -0.834. The highest BCUT2D eigenvalue weighted by atomic mass is 19.1. The van der Waals surface area contributed by atoms with Crippen LogP contribution in [0.4, 0.5) is 10.1 Å². The predicted octanol–water partition coefficient (Wildman–Crippen LogP) is 4.71. The van der Waals surface area contributed by atoms with Gasteiger partial charge < -0.3 is 18.6 Å². The molecule has 1 aliphatic heterocycles. The second-order valence-electron chi connectivity index (χ2n) is 7.70. The van der Waals surface area contributed by atoms with E-state index in [2.05, 4.69) is 0 Å². The number of hydrogen-bond donors (Lipinski definition) is 0. The molecule has 4 aromatic rings. The van der Waals surface area contributed by atoms with Gasteiger partial charge in [-0.2, -0.15) is 0 Å². The van der Waals surface area contributed by atoms with Gasteiger partial charge in [0.15, 0.2) is 16.9 Å². The fourth-order valence-electron chi connectivity index (χ4n) is 4.29. The van der Waals surface area contributed by atoms with Crippen molar-refractivity contribution in [3.05, 3.63) is 93.6 Å². The Balaban J connectivity index is 1.79. The molecule has 1 unspecified atom stereocenters. The first-order valence-electron chi connectivity index (χ1n) is 10.4. The zero-order valence-electron chi connectivity index (χ0n) is 18.6. The highest BCUT2D eigenvalue weighted by Gasteiger charge is 2.44. The van der Waals surface area contributed by atoms with Crippen molar-refractivity contribution in [3.63, 3.8) is 0 Å². The van der Waals surface area contributed by atoms with E-state index in [1.807, 2.05) is 0 Å². The average Bonchev–Trinajstić information content (AvgIpc) is 3.16. The molecule has 0 N–H and O–H groups in total. The fraction of sp³-hybridized carbons (Fsp3) is 0.154. The Kier molecular flexibility index (Phi) is 5.20. The van der Waals surface area contributed by atoms with Crippen molar-refractivity contribution in [1.82, 2.24) is 0 Å². The van der Waals surface area contributed by atoms with Crippen molar-refractivity contribution < 1.29 is 27.8 Å². The fourth-order valence-corrected chi connectivity index (χ4v) is 4.29. The molecule has 0 bridgehead atoms. The van der Waals surface area contributed by atoms with Crippen molar-refractivity contribution in [2.24, 2.45) is 0 Å². The van der Waals surface area contributed by atoms with Gasteiger partial charge in [0.2, 0.25) is 5.76 Å². The number of benzene rings is 3. The van der Waals surface area contributed by atoms with E-state index >= 15 is 0 Å². The van der Waals surface area contributed by atoms with Crippen LogP contribution in [0.3, 0.4) is 0 Å². The van der Waals surface area contributed by atoms with Crippen LogP contribution < -0.4 is 24.5 Å². The standard InChI is InChI=1S/C26H20FNO6/c1-31-17-8-6-16(7-9-17)28-23(14-4-10-20(32-2)21(12-14)33-3)22-24(29)18-13-15(27)5-11-19(18)34-25(22)26(28)30/h4-13,23H,1-3H3. The Morgan fingerprint density at radius 2 is 1.59 bits per heavy atom. The molecule has 0 aliphatic carbocycles. The Bertz CT molecular complexity index is 1480. The molecular formula is C26H20FNO6. The second-order valence-corrected chi connectivity index (χ2v) is 7.70. The van der Waals surface area contributed by atoms with E-state index in [4.69, 9.17) is 18.6 Å². The summed E-state index contributed by atoms with van der Waals surface area (Å²) in [6.45, 7) is 0. The summed E-state index contributed by atoms with van der Waals surface area (Å²) in [5, 5.41) is 0.0635. The number of carbonyl (C=O) groups excluding carboxylic acids is 1. The lowest BCUT2D eigenvalue weighted by Crippen LogP contribution is -2.29. The molecule has 1 aliphatic rings. The highest BCUT2D eigenvalue weighted by molar-refractivity contribution is 6.10. The van der Waals surface area contributed by atoms with Crippen LogP contribution in [0.25, 0.3) is 11.0 Å². The molecule has 0 saturated carbocycles. The summed E-state index contributed by atoms with van der Waals surface area (Å²) in [5.74, 6) is 0.416. The molecule has 1 aromatic heterocycles. The maximum Gasteiger partial charge on any atom is 0.295 e. The second kappa shape index (κ2) is 8.22. The lowest BCUT2D eigenvalue weighted by atomic mass is 9.97. The molecule has 5 rings (SSSR count). The lowest BCUT2D eigenvalue weighted by molar-refractivity contribution is 0.0971. The first-order valence-corrected chi connectivity index (χ1v) is 10.4. The molecule has 0 radical (unpaired) electrons. The van der Waals surface area contributed by atoms with Crippen LogP contribution in [0.1, 0.15) is 27.7 Å². The van der Waals surface area contributed by atoms with E-state index in [0.29, 0.717) is 28.5 Å². The largest absolute Gasteiger partial charge is 0.497 e. The van der Waals surface area contributed by atoms with Crippen LogP contribution in [-0.2, 0) is 0 Å². The number of nitrogens with zero attached hydrogens (tertiary/aromatic N) is 1. The molecule has 3 aromatic carbocycles. The quantitative estimate of drug-likeness (QED) is 0.429. The Hall–Kier alpha value is -4.33. The summed E-state index contributed by atoms with van der Waals surface area (Å²) >= 11 is 0. The maximum absolute atomic E-state index is 14.0. The molecule has 8 heteroatoms. The minimum Gasteiger partial charge on any atom is -0.497 e. The normalized spacial score (nSPS) is 14.9. The average molecular weight is 461 g/mol. The van der Waals surface area contributed by atoms with E-state index in [1.165, 1.54) is 31.3 Å². The monoisotopic (exact) mass is 461 g/mol. The van der Waals surface area contributed by atoms with E-state index < -0.39 is 23.2 Å². The molecule has 0 spiro atoms. The number of anilines is 1. The molecular weight excluding hydrogens is 441 g/mol. The number of fused-ring (bicyclic) bond motifs is 2. The first-order chi connectivity index (χ1) is 16.5. The third kappa shape index (κ3) is 3.26. The summed E-state index contributed by atoms with van der Waals surface area (Å²) in [7, 11) is 4.57. The highest BCUT2D eigenvalue weighted by Crippen LogP contribution is 2.43. The molecule has 0 fully saturated rings. The lowest BCUT2D eigenvalue weighted by Gasteiger charge is -2.26. The zero-order chi connectivity index (χ0) is 24.0. The molecule has 2 heterocycles. The van der Waals surface area contributed by atoms with Crippen LogP contribution in [0, 0.1) is 5.82 Å². The third-order valence-corrected chi connectivity index (χ3v) is 5.91. The van der Waals surface area contributed by atoms with Gasteiger partial charge in [-0.15, -0.1) is 0 Å². The van der Waals surface area contributed by atoms with Gasteiger partial charge in [0, 0.05) is 5.69 Å². The van der Waals surface area contributed by atoms with Gasteiger partial charge in [0.05, 0.1) is 38.3 Å². The maximum atomic E-state index is 14.0. The Labute approximate surface area is 193 Å². The summed E-state index contributed by atoms with van der Waals surface area (Å²) in [6, 6.07) is 14.9. The molecule has 7 nitrogen and oxygen atoms in total. The number of amides is 1. The van der Waals surface area contributed by atoms with Gasteiger partial charge in [-0.05, 0) is 60.2 Å². The number of ether oxygens (including phenoxy) is 3. The molecule has 34 heavy (non-hydrogen) atoms. The van der Waals surface area contributed by atoms with Crippen LogP contribution in [0.5, 0.6) is 17.2 Å². The van der Waals surface area contributed by atoms with E-state index in [9.17, 15) is 14.0 Å². The molecule has 172 valence electrons. The van der Waals surface area contributed by atoms with Crippen LogP contribution in [0.2, 0.25) is 0 Å². The van der Waals surface area contributed by atoms with Gasteiger partial charge in [0.25, 0.3) is 5.91 Å². The number of hydrogen-bond acceptors (Lipinski definition) is 6. The molecule has 1 amide bonds. The Morgan fingerprint density at radius 1 is 0.853 bits per heavy atom. The minimum absolute atomic E-state index is 0.0635. The van der Waals surface area contributed by atoms with Crippen LogP contribution in [-0.4, -0.2) is 27.2 Å². The first kappa shape index (κ1) is 21.5. The van der Waals surface area contributed by atoms with Crippen molar-refractivity contribution in [2.75, 3.05) is 26.2 Å². The van der Waals surface area contributed by atoms with Crippen molar-refractivity contribution in [1.29, 1.82) is 0 Å². The number of methoxy groups -OCH3 is 3. The Morgan fingerprint density at radius 3 is 2.26 bits per heavy atom. The van der Waals surface area contributed by atoms with Crippen LogP contribution in [0.15, 0.2) is 69.9 Å². The van der Waals surface area contributed by atoms with Gasteiger partial charge in [-0.3, -0.25) is 14.5 Å². The van der Waals surface area contributed by atoms with E-state index in [-0.39, 0.29) is 22.3 Å². The van der Waals surface area contributed by atoms with Crippen molar-refractivity contribution in [3.8, 4) is 17.2 Å². The van der Waals surface area contributed by atoms with Gasteiger partial charge in [-0.1, -0.05) is 6.07 Å². The van der Waals surface area contributed by atoms with E-state index in [0.717, 1.165) is 6.07 Å². The summed E-state index contributed by atoms with van der Waals surface area (Å²) in [4.78, 5) is 28.7. The molecule has 0 saturated heterocycles. The predicted molar refractivity (Wildman–Crippen MR) is 124 cm³/mol. The summed E-state index contributed by atoms with van der Waals surface area (Å²) in [6.07, 6.45) is 0. The number of halogens is 1. The summed E-state index contributed by atoms with van der Waals surface area (Å²) in [5.41, 5.74) is 0.933. The SMILES string of the molecule is COc1ccc(N2C(=O)c3oc4ccc(F)cc4c(=O)c3C2c2ccc(OC)c(OC)c2)cc1.